The van der Waals surface area contributed by atoms with Gasteiger partial charge in [0.15, 0.2) is 117 Å². The average Bonchev–Trinajstić information content (AvgIpc) is 0.809. The Morgan fingerprint density at radius 3 is 0.891 bits per heavy atom. The minimum absolute atomic E-state index is 0.0978. The van der Waals surface area contributed by atoms with Crippen LogP contribution in [0, 0.1) is 11.3 Å². The Bertz CT molecular complexity index is 4860. The molecule has 0 saturated heterocycles. The molecular weight excluding hydrogens is 1570 g/mol. The smallest absolute Gasteiger partial charge is 0.212 e. The first-order chi connectivity index (χ1) is 58.1. The number of hydrogen-bond donors (Lipinski definition) is 0. The molecule has 6 nitrogen and oxygen atoms in total. The summed E-state index contributed by atoms with van der Waals surface area (Å²) in [5, 5.41) is 0.175. The van der Waals surface area contributed by atoms with Gasteiger partial charge in [-0.2, -0.15) is 0 Å². The van der Waals surface area contributed by atoms with Gasteiger partial charge >= 0.3 is 0 Å². The predicted octanol–water partition coefficient (Wildman–Crippen LogP) is 24.8. The van der Waals surface area contributed by atoms with Gasteiger partial charge in [0, 0.05) is 46.2 Å². The van der Waals surface area contributed by atoms with Crippen LogP contribution in [0.3, 0.4) is 0 Å². The molecule has 2 aliphatic carbocycles. The third-order valence-electron chi connectivity index (χ3n) is 19.8. The highest BCUT2D eigenvalue weighted by atomic mass is 32.2. The molecule has 2 fully saturated rings. The molecule has 0 aromatic heterocycles. The van der Waals surface area contributed by atoms with Crippen molar-refractivity contribution >= 4 is 100 Å². The number of benzene rings is 13. The quantitative estimate of drug-likeness (QED) is 0.0395. The molecule has 0 spiro atoms. The maximum atomic E-state index is 12.8. The van der Waals surface area contributed by atoms with Gasteiger partial charge in [0.1, 0.15) is 5.75 Å². The van der Waals surface area contributed by atoms with Crippen LogP contribution in [0.5, 0.6) is 0 Å². The van der Waals surface area contributed by atoms with Crippen molar-refractivity contribution in [2.45, 2.75) is 157 Å². The summed E-state index contributed by atoms with van der Waals surface area (Å²) in [6, 6.07) is 135. The molecule has 15 rings (SSSR count). The lowest BCUT2D eigenvalue weighted by molar-refractivity contribution is -0.123. The topological polar surface area (TPSA) is 102 Å². The molecule has 0 amide bonds. The molecule has 0 aliphatic heterocycles. The highest BCUT2D eigenvalue weighted by Crippen LogP contribution is 2.36. The molecule has 1 atom stereocenters. The summed E-state index contributed by atoms with van der Waals surface area (Å²) in [6.45, 7) is 9.12. The first-order valence-electron chi connectivity index (χ1n) is 41.1. The fourth-order valence-electron chi connectivity index (χ4n) is 13.6. The number of ketones is 6. The Kier molecular flexibility index (Phi) is 38.5. The highest BCUT2D eigenvalue weighted by Gasteiger charge is 2.42. The predicted molar refractivity (Wildman–Crippen MR) is 506 cm³/mol. The summed E-state index contributed by atoms with van der Waals surface area (Å²) in [5.74, 6) is 5.78. The van der Waals surface area contributed by atoms with Crippen molar-refractivity contribution in [2.75, 3.05) is 28.8 Å². The van der Waals surface area contributed by atoms with Crippen LogP contribution < -0.4 is 0 Å². The zero-order valence-corrected chi connectivity index (χ0v) is 74.1. The van der Waals surface area contributed by atoms with E-state index < -0.39 is 0 Å². The van der Waals surface area contributed by atoms with Crippen molar-refractivity contribution in [1.29, 1.82) is 0 Å². The van der Waals surface area contributed by atoms with Gasteiger partial charge in [-0.25, -0.2) is 0 Å². The third-order valence-corrected chi connectivity index (χ3v) is 33.9. The van der Waals surface area contributed by atoms with E-state index in [1.54, 1.807) is 13.8 Å². The molecule has 0 bridgehead atoms. The van der Waals surface area contributed by atoms with Gasteiger partial charge in [-0.3, -0.25) is 28.8 Å². The van der Waals surface area contributed by atoms with Crippen LogP contribution >= 0.6 is 0 Å². The van der Waals surface area contributed by atoms with E-state index in [1.165, 1.54) is 80.2 Å². The van der Waals surface area contributed by atoms with E-state index in [0.29, 0.717) is 52.0 Å². The number of rotatable bonds is 26. The van der Waals surface area contributed by atoms with Gasteiger partial charge in [0.05, 0.1) is 54.5 Å². The second kappa shape index (κ2) is 50.1. The molecule has 12 heteroatoms. The van der Waals surface area contributed by atoms with Gasteiger partial charge in [0.25, 0.3) is 0 Å². The molecule has 13 aromatic carbocycles. The molecule has 119 heavy (non-hydrogen) atoms. The average molecular weight is 1690 g/mol. The molecule has 606 valence electrons. The van der Waals surface area contributed by atoms with E-state index in [-0.39, 0.29) is 93.4 Å². The van der Waals surface area contributed by atoms with Gasteiger partial charge < -0.3 is 0 Å². The lowest BCUT2D eigenvalue weighted by Crippen LogP contribution is -2.33. The van der Waals surface area contributed by atoms with E-state index in [1.807, 2.05) is 178 Å². The van der Waals surface area contributed by atoms with Crippen LogP contribution in [0.25, 0.3) is 0 Å². The Balaban J connectivity index is 0.000000151. The molecule has 2 saturated carbocycles. The summed E-state index contributed by atoms with van der Waals surface area (Å²) < 4.78 is 0. The zero-order valence-electron chi connectivity index (χ0n) is 69.2. The molecule has 1 unspecified atom stereocenters. The fourth-order valence-corrected chi connectivity index (χ4v) is 26.7. The number of Topliss-reactive ketones (excluding diaryl/α,β-unsaturated/α-hetero) is 6. The summed E-state index contributed by atoms with van der Waals surface area (Å²) in [5.41, 5.74) is 1.89. The zero-order chi connectivity index (χ0) is 83.7. The van der Waals surface area contributed by atoms with Crippen LogP contribution in [0.2, 0.25) is 0 Å². The standard InChI is InChI=1S/C20H23OS.C20H17OS.C19H17S.C18H19OS.C18H21OS.C12H15O2S/c2*21-20(17-10-4-1-5-11-17)16-22(18-12-6-2-7-13-18)19-14-8-3-9-15-19;1-4-10-17(11-5-1)16-20(18-12-6-2-7-13-18)19-14-8-3-9-15-19;19-17-13-7-8-14-18(17)20(15-9-3-1-4-10-15)16-11-5-2-6-12-16;1-18(2,3)17(19)14-20(15-10-6-4-7-11-15)16-12-8-5-9-13-16;1-10(13)8-15(9-11(2)14)12-6-4-3-5-7-12/h2-3,6-9,12-15,17H,1,4-5,10-11,16H2;1-15H,16H2;1-15H,16H2;1-6,9-12,18H,7-8,13-14H2;4-13H,14H2,1-3H3;3-7H,8-9H2,1-2H3/q6*+1. The van der Waals surface area contributed by atoms with Crippen LogP contribution in [0.15, 0.2) is 448 Å². The summed E-state index contributed by atoms with van der Waals surface area (Å²) in [6.07, 6.45) is 9.98. The Hall–Kier alpha value is -10.0. The number of carbonyl (C=O) groups excluding carboxylic acids is 6. The van der Waals surface area contributed by atoms with E-state index in [2.05, 4.69) is 237 Å². The summed E-state index contributed by atoms with van der Waals surface area (Å²) in [7, 11) is -0.808. The van der Waals surface area contributed by atoms with E-state index in [0.717, 1.165) is 48.3 Å². The van der Waals surface area contributed by atoms with Crippen LogP contribution in [0.4, 0.5) is 0 Å². The van der Waals surface area contributed by atoms with Crippen molar-refractivity contribution in [3.8, 4) is 0 Å². The fraction of sp³-hybridized carbons (Fsp3) is 0.215. The molecule has 0 radical (unpaired) electrons. The van der Waals surface area contributed by atoms with Crippen LogP contribution in [0.1, 0.15) is 108 Å². The van der Waals surface area contributed by atoms with Gasteiger partial charge in [0.2, 0.25) is 5.78 Å². The molecule has 0 N–H and O–H groups in total. The van der Waals surface area contributed by atoms with Crippen molar-refractivity contribution in [3.63, 3.8) is 0 Å². The maximum Gasteiger partial charge on any atom is 0.212 e. The third kappa shape index (κ3) is 30.6. The molecule has 2 aliphatic rings. The Morgan fingerprint density at radius 1 is 0.294 bits per heavy atom. The van der Waals surface area contributed by atoms with Gasteiger partial charge in [-0.15, -0.1) is 0 Å². The first kappa shape index (κ1) is 91.3. The van der Waals surface area contributed by atoms with Crippen molar-refractivity contribution in [2.24, 2.45) is 11.3 Å². The Labute approximate surface area is 725 Å². The number of hydrogen-bond acceptors (Lipinski definition) is 6. The monoisotopic (exact) mass is 1680 g/mol. The summed E-state index contributed by atoms with van der Waals surface area (Å²) in [4.78, 5) is 86.3. The lowest BCUT2D eigenvalue weighted by Gasteiger charge is -2.21. The van der Waals surface area contributed by atoms with Crippen molar-refractivity contribution in [1.82, 2.24) is 0 Å². The van der Waals surface area contributed by atoms with E-state index in [9.17, 15) is 28.8 Å². The SMILES string of the molecule is CC(=O)C[S+](CC(C)=O)c1ccccc1.CC(C)(C)C(=O)C[S+](c1ccccc1)c1ccccc1.O=C(C[S+](c1ccccc1)c1ccccc1)C1CCCCC1.O=C(C[S+](c1ccccc1)c1ccccc1)c1ccccc1.O=C1CCCCC1[S+](c1ccccc1)c1ccccc1.c1ccc(C[S+](c2ccccc2)c2ccccc2)cc1. The van der Waals surface area contributed by atoms with Crippen molar-refractivity contribution < 1.29 is 28.8 Å². The molecule has 13 aromatic rings. The summed E-state index contributed by atoms with van der Waals surface area (Å²) >= 11 is 0. The first-order valence-corrected chi connectivity index (χ1v) is 49.5. The minimum Gasteiger partial charge on any atom is -0.295 e. The second-order valence-corrected chi connectivity index (χ2v) is 42.3. The number of carbonyl (C=O) groups is 6. The van der Waals surface area contributed by atoms with Crippen LogP contribution in [-0.4, -0.2) is 68.7 Å². The largest absolute Gasteiger partial charge is 0.295 e. The maximum absolute atomic E-state index is 12.8. The van der Waals surface area contributed by atoms with E-state index >= 15 is 0 Å². The molecule has 0 heterocycles. The minimum atomic E-state index is -0.283. The van der Waals surface area contributed by atoms with Gasteiger partial charge in [-0.1, -0.05) is 301 Å². The lowest BCUT2D eigenvalue weighted by atomic mass is 9.87. The van der Waals surface area contributed by atoms with Gasteiger partial charge in [-0.05, 0) is 173 Å². The highest BCUT2D eigenvalue weighted by molar-refractivity contribution is 7.99. The van der Waals surface area contributed by atoms with Crippen LogP contribution in [-0.2, 0) is 95.1 Å². The second-order valence-electron chi connectivity index (χ2n) is 30.1. The van der Waals surface area contributed by atoms with Crippen molar-refractivity contribution in [3.05, 3.63) is 405 Å². The Morgan fingerprint density at radius 2 is 0.571 bits per heavy atom. The van der Waals surface area contributed by atoms with E-state index in [4.69, 9.17) is 0 Å². The molecular formula is C107H112O6S6+6. The normalized spacial score (nSPS) is 13.2.